The monoisotopic (exact) mass is 450 g/mol. The molecule has 1 heterocycles. The largest absolute Gasteiger partial charge is 0.271 e. The SMILES string of the molecule is Cc1ccc(S(=O)(=O)N(CC(=O)N/N=C\c2cccnc2)c2ccc(C(C)C)cc2)cc1. The van der Waals surface area contributed by atoms with Gasteiger partial charge in [0.05, 0.1) is 16.8 Å². The highest BCUT2D eigenvalue weighted by molar-refractivity contribution is 7.92. The fourth-order valence-corrected chi connectivity index (χ4v) is 4.40. The van der Waals surface area contributed by atoms with E-state index >= 15 is 0 Å². The van der Waals surface area contributed by atoms with Crippen molar-refractivity contribution in [1.82, 2.24) is 10.4 Å². The number of pyridine rings is 1. The number of benzene rings is 2. The molecule has 0 aliphatic carbocycles. The van der Waals surface area contributed by atoms with Crippen LogP contribution in [0.3, 0.4) is 0 Å². The standard InChI is InChI=1S/C24H26N4O3S/c1-18(2)21-8-10-22(11-9-21)28(32(30,31)23-12-6-19(3)7-13-23)17-24(29)27-26-16-20-5-4-14-25-15-20/h4-16,18H,17H2,1-3H3,(H,27,29)/b26-16-. The van der Waals surface area contributed by atoms with E-state index in [9.17, 15) is 13.2 Å². The molecule has 1 amide bonds. The molecule has 0 bridgehead atoms. The van der Waals surface area contributed by atoms with Crippen molar-refractivity contribution in [2.75, 3.05) is 10.8 Å². The summed E-state index contributed by atoms with van der Waals surface area (Å²) in [4.78, 5) is 16.7. The van der Waals surface area contributed by atoms with Crippen LogP contribution in [0.5, 0.6) is 0 Å². The normalized spacial score (nSPS) is 11.6. The minimum Gasteiger partial charge on any atom is -0.271 e. The first-order chi connectivity index (χ1) is 15.3. The van der Waals surface area contributed by atoms with E-state index in [4.69, 9.17) is 0 Å². The number of hydrogen-bond donors (Lipinski definition) is 1. The molecule has 0 fully saturated rings. The minimum atomic E-state index is -3.97. The van der Waals surface area contributed by atoms with E-state index in [2.05, 4.69) is 29.4 Å². The van der Waals surface area contributed by atoms with E-state index in [1.165, 1.54) is 6.21 Å². The van der Waals surface area contributed by atoms with Gasteiger partial charge in [-0.15, -0.1) is 0 Å². The van der Waals surface area contributed by atoms with E-state index in [0.29, 0.717) is 17.2 Å². The number of carbonyl (C=O) groups excluding carboxylic acids is 1. The van der Waals surface area contributed by atoms with Gasteiger partial charge >= 0.3 is 0 Å². The molecule has 32 heavy (non-hydrogen) atoms. The predicted molar refractivity (Wildman–Crippen MR) is 126 cm³/mol. The highest BCUT2D eigenvalue weighted by Crippen LogP contribution is 2.26. The molecule has 0 aliphatic rings. The van der Waals surface area contributed by atoms with Crippen molar-refractivity contribution in [3.05, 3.63) is 89.7 Å². The summed E-state index contributed by atoms with van der Waals surface area (Å²) in [5.74, 6) is -0.259. The van der Waals surface area contributed by atoms with Crippen LogP contribution in [-0.2, 0) is 14.8 Å². The Morgan fingerprint density at radius 1 is 1.09 bits per heavy atom. The summed E-state index contributed by atoms with van der Waals surface area (Å²) in [5, 5.41) is 3.91. The molecule has 7 nitrogen and oxygen atoms in total. The number of nitrogens with zero attached hydrogens (tertiary/aromatic N) is 3. The van der Waals surface area contributed by atoms with Gasteiger partial charge in [-0.1, -0.05) is 49.7 Å². The first-order valence-corrected chi connectivity index (χ1v) is 11.6. The molecular formula is C24H26N4O3S. The number of hydrazone groups is 1. The maximum atomic E-state index is 13.4. The van der Waals surface area contributed by atoms with Crippen molar-refractivity contribution in [3.63, 3.8) is 0 Å². The number of anilines is 1. The van der Waals surface area contributed by atoms with Gasteiger partial charge in [-0.2, -0.15) is 5.10 Å². The van der Waals surface area contributed by atoms with E-state index in [1.54, 1.807) is 60.9 Å². The first kappa shape index (κ1) is 23.1. The summed E-state index contributed by atoms with van der Waals surface area (Å²) in [5.41, 5.74) is 5.52. The number of hydrogen-bond acceptors (Lipinski definition) is 5. The van der Waals surface area contributed by atoms with Crippen LogP contribution in [0.1, 0.15) is 36.5 Å². The zero-order valence-corrected chi connectivity index (χ0v) is 19.1. The lowest BCUT2D eigenvalue weighted by Crippen LogP contribution is -2.39. The topological polar surface area (TPSA) is 91.7 Å². The molecule has 1 N–H and O–H groups in total. The molecule has 166 valence electrons. The van der Waals surface area contributed by atoms with Gasteiger partial charge in [-0.05, 0) is 48.7 Å². The molecule has 1 aromatic heterocycles. The smallest absolute Gasteiger partial charge is 0.264 e. The molecule has 0 spiro atoms. The van der Waals surface area contributed by atoms with Crippen LogP contribution in [0.15, 0.2) is 83.1 Å². The molecule has 3 aromatic rings. The number of carbonyl (C=O) groups is 1. The number of nitrogens with one attached hydrogen (secondary N) is 1. The summed E-state index contributed by atoms with van der Waals surface area (Å²) >= 11 is 0. The lowest BCUT2D eigenvalue weighted by Gasteiger charge is -2.24. The second-order valence-electron chi connectivity index (χ2n) is 7.65. The molecule has 2 aromatic carbocycles. The molecule has 0 unspecified atom stereocenters. The third-order valence-corrected chi connectivity index (χ3v) is 6.62. The summed E-state index contributed by atoms with van der Waals surface area (Å²) in [6.45, 7) is 5.58. The third kappa shape index (κ3) is 5.79. The molecule has 8 heteroatoms. The Kier molecular flexibility index (Phi) is 7.37. The Morgan fingerprint density at radius 3 is 2.38 bits per heavy atom. The lowest BCUT2D eigenvalue weighted by molar-refractivity contribution is -0.119. The number of rotatable bonds is 8. The Balaban J connectivity index is 1.87. The molecule has 3 rings (SSSR count). The van der Waals surface area contributed by atoms with Crippen molar-refractivity contribution in [1.29, 1.82) is 0 Å². The zero-order chi connectivity index (χ0) is 23.1. The number of amides is 1. The lowest BCUT2D eigenvalue weighted by atomic mass is 10.0. The number of sulfonamides is 1. The summed E-state index contributed by atoms with van der Waals surface area (Å²) < 4.78 is 27.9. The highest BCUT2D eigenvalue weighted by atomic mass is 32.2. The maximum absolute atomic E-state index is 13.4. The van der Waals surface area contributed by atoms with E-state index in [0.717, 1.165) is 15.4 Å². The van der Waals surface area contributed by atoms with Crippen molar-refractivity contribution in [2.45, 2.75) is 31.6 Å². The molecule has 0 radical (unpaired) electrons. The van der Waals surface area contributed by atoms with Gasteiger partial charge in [-0.25, -0.2) is 13.8 Å². The van der Waals surface area contributed by atoms with Crippen LogP contribution in [0, 0.1) is 6.92 Å². The second-order valence-corrected chi connectivity index (χ2v) is 9.51. The summed E-state index contributed by atoms with van der Waals surface area (Å²) in [6.07, 6.45) is 4.68. The third-order valence-electron chi connectivity index (χ3n) is 4.83. The van der Waals surface area contributed by atoms with Crippen LogP contribution >= 0.6 is 0 Å². The fraction of sp³-hybridized carbons (Fsp3) is 0.208. The highest BCUT2D eigenvalue weighted by Gasteiger charge is 2.27. The molecule has 0 aliphatic heterocycles. The van der Waals surface area contributed by atoms with Gasteiger partial charge in [-0.3, -0.25) is 14.1 Å². The van der Waals surface area contributed by atoms with Crippen LogP contribution in [0.2, 0.25) is 0 Å². The van der Waals surface area contributed by atoms with E-state index in [-0.39, 0.29) is 4.90 Å². The van der Waals surface area contributed by atoms with Crippen LogP contribution < -0.4 is 9.73 Å². The summed E-state index contributed by atoms with van der Waals surface area (Å²) in [6, 6.07) is 17.2. The molecule has 0 saturated heterocycles. The van der Waals surface area contributed by atoms with Crippen molar-refractivity contribution in [3.8, 4) is 0 Å². The Bertz CT molecular complexity index is 1170. The average molecular weight is 451 g/mol. The van der Waals surface area contributed by atoms with Gasteiger partial charge in [0, 0.05) is 18.0 Å². The van der Waals surface area contributed by atoms with Gasteiger partial charge in [0.25, 0.3) is 15.9 Å². The van der Waals surface area contributed by atoms with Crippen molar-refractivity contribution in [2.24, 2.45) is 5.10 Å². The average Bonchev–Trinajstić information content (AvgIpc) is 2.78. The maximum Gasteiger partial charge on any atom is 0.264 e. The first-order valence-electron chi connectivity index (χ1n) is 10.2. The van der Waals surface area contributed by atoms with Gasteiger partial charge in [0.2, 0.25) is 0 Å². The Labute approximate surface area is 188 Å². The molecular weight excluding hydrogens is 424 g/mol. The number of aromatic nitrogens is 1. The van der Waals surface area contributed by atoms with Crippen LogP contribution in [0.4, 0.5) is 5.69 Å². The van der Waals surface area contributed by atoms with Crippen LogP contribution in [0.25, 0.3) is 0 Å². The fourth-order valence-electron chi connectivity index (χ4n) is 2.97. The predicted octanol–water partition coefficient (Wildman–Crippen LogP) is 3.86. The van der Waals surface area contributed by atoms with E-state index < -0.39 is 22.5 Å². The second kappa shape index (κ2) is 10.2. The van der Waals surface area contributed by atoms with Gasteiger partial charge in [0.1, 0.15) is 6.54 Å². The van der Waals surface area contributed by atoms with Crippen LogP contribution in [-0.4, -0.2) is 32.1 Å². The number of aryl methyl sites for hydroxylation is 1. The minimum absolute atomic E-state index is 0.114. The molecule has 0 atom stereocenters. The quantitative estimate of drug-likeness (QED) is 0.417. The van der Waals surface area contributed by atoms with Gasteiger partial charge in [0.15, 0.2) is 0 Å². The van der Waals surface area contributed by atoms with Gasteiger partial charge < -0.3 is 0 Å². The zero-order valence-electron chi connectivity index (χ0n) is 18.3. The van der Waals surface area contributed by atoms with Crippen molar-refractivity contribution < 1.29 is 13.2 Å². The van der Waals surface area contributed by atoms with E-state index in [1.807, 2.05) is 19.1 Å². The Morgan fingerprint density at radius 2 is 1.78 bits per heavy atom. The van der Waals surface area contributed by atoms with Crippen molar-refractivity contribution >= 4 is 27.8 Å². The summed E-state index contributed by atoms with van der Waals surface area (Å²) in [7, 11) is -3.97. The molecule has 0 saturated carbocycles. The Hall–Kier alpha value is -3.52.